The minimum Gasteiger partial charge on any atom is -0.369 e. The van der Waals surface area contributed by atoms with Gasteiger partial charge in [-0.2, -0.15) is 13.2 Å². The van der Waals surface area contributed by atoms with Crippen molar-refractivity contribution in [2.75, 3.05) is 5.73 Å². The van der Waals surface area contributed by atoms with Gasteiger partial charge in [0.25, 0.3) is 0 Å². The summed E-state index contributed by atoms with van der Waals surface area (Å²) in [5, 5.41) is 0. The molecule has 0 amide bonds. The maximum atomic E-state index is 12.3. The van der Waals surface area contributed by atoms with Crippen molar-refractivity contribution in [3.8, 4) is 0 Å². The lowest BCUT2D eigenvalue weighted by atomic mass is 10.3. The Morgan fingerprint density at radius 3 is 2.67 bits per heavy atom. The Kier molecular flexibility index (Phi) is 1.85. The fourth-order valence-electron chi connectivity index (χ4n) is 1.26. The van der Waals surface area contributed by atoms with Gasteiger partial charge in [-0.1, -0.05) is 0 Å². The molecule has 2 N–H and O–H groups in total. The molecule has 4 nitrogen and oxygen atoms in total. The van der Waals surface area contributed by atoms with Crippen molar-refractivity contribution in [2.45, 2.75) is 6.18 Å². The van der Waals surface area contributed by atoms with Gasteiger partial charge >= 0.3 is 6.18 Å². The molecule has 0 aliphatic rings. The van der Waals surface area contributed by atoms with E-state index >= 15 is 0 Å². The first-order chi connectivity index (χ1) is 6.89. The number of rotatable bonds is 0. The molecule has 0 atom stereocenters. The molecule has 7 heteroatoms. The van der Waals surface area contributed by atoms with Gasteiger partial charge in [0.1, 0.15) is 5.69 Å². The molecule has 0 fully saturated rings. The first-order valence-corrected chi connectivity index (χ1v) is 4.05. The van der Waals surface area contributed by atoms with Crippen LogP contribution < -0.4 is 5.73 Å². The molecule has 0 unspecified atom stereocenters. The highest BCUT2D eigenvalue weighted by Gasteiger charge is 2.32. The number of halogens is 3. The number of alkyl halides is 3. The van der Waals surface area contributed by atoms with Crippen LogP contribution in [0, 0.1) is 0 Å². The molecule has 2 aromatic heterocycles. The number of hydrogen-bond donors (Lipinski definition) is 1. The number of aromatic nitrogens is 3. The molecule has 0 radical (unpaired) electrons. The summed E-state index contributed by atoms with van der Waals surface area (Å²) in [6.45, 7) is 0. The van der Waals surface area contributed by atoms with Crippen molar-refractivity contribution in [3.05, 3.63) is 18.0 Å². The normalized spacial score (nSPS) is 12.3. The first-order valence-electron chi connectivity index (χ1n) is 4.05. The summed E-state index contributed by atoms with van der Waals surface area (Å²) < 4.78 is 38.4. The summed E-state index contributed by atoms with van der Waals surface area (Å²) in [7, 11) is 1.61. The molecule has 80 valence electrons. The topological polar surface area (TPSA) is 56.7 Å². The molecular formula is C8H7F3N4. The number of fused-ring (bicyclic) bond motifs is 1. The molecule has 0 aliphatic heterocycles. The third-order valence-electron chi connectivity index (χ3n) is 2.09. The average Bonchev–Trinajstić information content (AvgIpc) is 2.41. The smallest absolute Gasteiger partial charge is 0.369 e. The monoisotopic (exact) mass is 216 g/mol. The second kappa shape index (κ2) is 2.85. The highest BCUT2D eigenvalue weighted by atomic mass is 19.4. The zero-order valence-electron chi connectivity index (χ0n) is 7.71. The van der Waals surface area contributed by atoms with Crippen molar-refractivity contribution in [3.63, 3.8) is 0 Å². The van der Waals surface area contributed by atoms with Gasteiger partial charge in [0.15, 0.2) is 0 Å². The lowest BCUT2D eigenvalue weighted by Crippen LogP contribution is -2.07. The SMILES string of the molecule is Cn1c(N)nc2cc(C(F)(F)F)ncc21. The number of anilines is 1. The minimum atomic E-state index is -4.46. The Morgan fingerprint density at radius 1 is 1.40 bits per heavy atom. The molecule has 2 rings (SSSR count). The Balaban J connectivity index is 2.67. The van der Waals surface area contributed by atoms with E-state index in [-0.39, 0.29) is 11.5 Å². The number of nitrogens with zero attached hydrogens (tertiary/aromatic N) is 3. The van der Waals surface area contributed by atoms with Crippen molar-refractivity contribution >= 4 is 17.0 Å². The second-order valence-corrected chi connectivity index (χ2v) is 3.09. The van der Waals surface area contributed by atoms with E-state index < -0.39 is 11.9 Å². The standard InChI is InChI=1S/C8H7F3N4/c1-15-5-3-13-6(8(9,10)11)2-4(5)14-7(15)12/h2-3H,1H3,(H2,12,14). The molecule has 15 heavy (non-hydrogen) atoms. The molecule has 0 aromatic carbocycles. The van der Waals surface area contributed by atoms with Crippen LogP contribution >= 0.6 is 0 Å². The fourth-order valence-corrected chi connectivity index (χ4v) is 1.26. The number of nitrogen functional groups attached to an aromatic ring is 1. The predicted molar refractivity (Wildman–Crippen MR) is 47.9 cm³/mol. The van der Waals surface area contributed by atoms with Gasteiger partial charge in [0.2, 0.25) is 5.95 Å². The minimum absolute atomic E-state index is 0.158. The highest BCUT2D eigenvalue weighted by Crippen LogP contribution is 2.29. The van der Waals surface area contributed by atoms with Gasteiger partial charge in [-0.25, -0.2) is 9.97 Å². The lowest BCUT2D eigenvalue weighted by Gasteiger charge is -2.04. The quantitative estimate of drug-likeness (QED) is 0.727. The van der Waals surface area contributed by atoms with Crippen molar-refractivity contribution in [1.29, 1.82) is 0 Å². The van der Waals surface area contributed by atoms with E-state index in [4.69, 9.17) is 5.73 Å². The van der Waals surface area contributed by atoms with Crippen LogP contribution in [0.25, 0.3) is 11.0 Å². The Labute approximate surface area is 82.5 Å². The highest BCUT2D eigenvalue weighted by molar-refractivity contribution is 5.77. The van der Waals surface area contributed by atoms with E-state index in [2.05, 4.69) is 9.97 Å². The van der Waals surface area contributed by atoms with Crippen LogP contribution in [-0.4, -0.2) is 14.5 Å². The molecule has 2 aromatic rings. The zero-order valence-corrected chi connectivity index (χ0v) is 7.71. The maximum absolute atomic E-state index is 12.3. The molecule has 0 aliphatic carbocycles. The van der Waals surface area contributed by atoms with Crippen molar-refractivity contribution in [1.82, 2.24) is 14.5 Å². The van der Waals surface area contributed by atoms with Gasteiger partial charge in [0.05, 0.1) is 17.2 Å². The lowest BCUT2D eigenvalue weighted by molar-refractivity contribution is -0.141. The van der Waals surface area contributed by atoms with Gasteiger partial charge in [-0.15, -0.1) is 0 Å². The second-order valence-electron chi connectivity index (χ2n) is 3.09. The fraction of sp³-hybridized carbons (Fsp3) is 0.250. The number of nitrogens with two attached hydrogens (primary N) is 1. The summed E-state index contributed by atoms with van der Waals surface area (Å²) in [6, 6.07) is 0.881. The van der Waals surface area contributed by atoms with Crippen molar-refractivity contribution < 1.29 is 13.2 Å². The van der Waals surface area contributed by atoms with E-state index in [1.807, 2.05) is 0 Å². The van der Waals surface area contributed by atoms with E-state index in [1.165, 1.54) is 4.57 Å². The van der Waals surface area contributed by atoms with Crippen LogP contribution in [0.5, 0.6) is 0 Å². The molecule has 0 spiro atoms. The number of imidazole rings is 1. The van der Waals surface area contributed by atoms with Crippen LogP contribution in [-0.2, 0) is 13.2 Å². The number of aryl methyl sites for hydroxylation is 1. The molecular weight excluding hydrogens is 209 g/mol. The van der Waals surface area contributed by atoms with Crippen LogP contribution in [0.4, 0.5) is 19.1 Å². The molecule has 0 bridgehead atoms. The summed E-state index contributed by atoms with van der Waals surface area (Å²) in [6.07, 6.45) is -3.35. The molecule has 2 heterocycles. The summed E-state index contributed by atoms with van der Waals surface area (Å²) >= 11 is 0. The Morgan fingerprint density at radius 2 is 2.07 bits per heavy atom. The van der Waals surface area contributed by atoms with Crippen molar-refractivity contribution in [2.24, 2.45) is 7.05 Å². The Bertz CT molecular complexity index is 514. The van der Waals surface area contributed by atoms with E-state index in [1.54, 1.807) is 7.05 Å². The third kappa shape index (κ3) is 1.49. The summed E-state index contributed by atoms with van der Waals surface area (Å²) in [5.41, 5.74) is 5.15. The number of pyridine rings is 1. The average molecular weight is 216 g/mol. The third-order valence-corrected chi connectivity index (χ3v) is 2.09. The first kappa shape index (κ1) is 9.75. The summed E-state index contributed by atoms with van der Waals surface area (Å²) in [4.78, 5) is 7.10. The predicted octanol–water partition coefficient (Wildman–Crippen LogP) is 1.57. The largest absolute Gasteiger partial charge is 0.433 e. The van der Waals surface area contributed by atoms with Crippen LogP contribution in [0.15, 0.2) is 12.3 Å². The molecule has 0 saturated heterocycles. The molecule has 0 saturated carbocycles. The van der Waals surface area contributed by atoms with Crippen LogP contribution in [0.2, 0.25) is 0 Å². The van der Waals surface area contributed by atoms with Crippen LogP contribution in [0.3, 0.4) is 0 Å². The van der Waals surface area contributed by atoms with Crippen LogP contribution in [0.1, 0.15) is 5.69 Å². The van der Waals surface area contributed by atoms with E-state index in [0.717, 1.165) is 12.3 Å². The zero-order chi connectivity index (χ0) is 11.2. The van der Waals surface area contributed by atoms with Gasteiger partial charge in [-0.05, 0) is 6.07 Å². The summed E-state index contributed by atoms with van der Waals surface area (Å²) in [5.74, 6) is 0.158. The maximum Gasteiger partial charge on any atom is 0.433 e. The van der Waals surface area contributed by atoms with Gasteiger partial charge < -0.3 is 10.3 Å². The van der Waals surface area contributed by atoms with Gasteiger partial charge in [0, 0.05) is 7.05 Å². The van der Waals surface area contributed by atoms with E-state index in [0.29, 0.717) is 5.52 Å². The Hall–Kier alpha value is -1.79. The van der Waals surface area contributed by atoms with E-state index in [9.17, 15) is 13.2 Å². The number of hydrogen-bond acceptors (Lipinski definition) is 3. The van der Waals surface area contributed by atoms with Gasteiger partial charge in [-0.3, -0.25) is 0 Å².